The van der Waals surface area contributed by atoms with Crippen LogP contribution >= 0.6 is 15.9 Å². The number of benzene rings is 1. The molecule has 0 spiro atoms. The van der Waals surface area contributed by atoms with Gasteiger partial charge in [-0.05, 0) is 31.0 Å². The molecule has 0 bridgehead atoms. The summed E-state index contributed by atoms with van der Waals surface area (Å²) >= 11 is 3.41. The summed E-state index contributed by atoms with van der Waals surface area (Å²) in [5, 5.41) is 0.568. The van der Waals surface area contributed by atoms with Crippen molar-refractivity contribution in [2.24, 2.45) is 0 Å². The molecule has 1 aliphatic heterocycles. The highest BCUT2D eigenvalue weighted by atomic mass is 79.9. The molecule has 3 aromatic rings. The van der Waals surface area contributed by atoms with Crippen LogP contribution in [0, 0.1) is 0 Å². The van der Waals surface area contributed by atoms with Gasteiger partial charge < -0.3 is 4.42 Å². The Morgan fingerprint density at radius 1 is 1.19 bits per heavy atom. The highest BCUT2D eigenvalue weighted by molar-refractivity contribution is 9.10. The number of hydrogen-bond acceptors (Lipinski definition) is 3. The summed E-state index contributed by atoms with van der Waals surface area (Å²) in [6.45, 7) is 0.760. The number of halogens is 1. The van der Waals surface area contributed by atoms with E-state index in [1.807, 2.05) is 24.3 Å². The lowest BCUT2D eigenvalue weighted by Crippen LogP contribution is -2.27. The van der Waals surface area contributed by atoms with Gasteiger partial charge in [0.15, 0.2) is 0 Å². The molecule has 0 amide bonds. The topological polar surface area (TPSA) is 48.0 Å². The minimum Gasteiger partial charge on any atom is -0.437 e. The van der Waals surface area contributed by atoms with Crippen molar-refractivity contribution in [3.8, 4) is 11.3 Å². The standard InChI is InChI=1S/C16H13BrN2O2/c17-11-6-4-10(5-7-11)13-9-12-15(21-13)18-14-3-1-2-8-19(14)16(12)20/h4-7,9H,1-3,8H2. The van der Waals surface area contributed by atoms with Gasteiger partial charge >= 0.3 is 0 Å². The fraction of sp³-hybridized carbons (Fsp3) is 0.250. The summed E-state index contributed by atoms with van der Waals surface area (Å²) in [5.41, 5.74) is 1.41. The van der Waals surface area contributed by atoms with Gasteiger partial charge in [0.25, 0.3) is 5.56 Å². The van der Waals surface area contributed by atoms with Crippen LogP contribution in [0.5, 0.6) is 0 Å². The van der Waals surface area contributed by atoms with Crippen molar-refractivity contribution < 1.29 is 4.42 Å². The van der Waals surface area contributed by atoms with E-state index < -0.39 is 0 Å². The molecule has 0 aliphatic carbocycles. The molecular formula is C16H13BrN2O2. The third-order valence-electron chi connectivity index (χ3n) is 3.89. The summed E-state index contributed by atoms with van der Waals surface area (Å²) in [6.07, 6.45) is 2.97. The van der Waals surface area contributed by atoms with Crippen LogP contribution in [0.4, 0.5) is 0 Å². The molecule has 1 aromatic carbocycles. The van der Waals surface area contributed by atoms with Gasteiger partial charge in [0.05, 0.1) is 0 Å². The molecule has 2 aromatic heterocycles. The highest BCUT2D eigenvalue weighted by Crippen LogP contribution is 2.27. The predicted octanol–water partition coefficient (Wildman–Crippen LogP) is 3.76. The first kappa shape index (κ1) is 12.8. The van der Waals surface area contributed by atoms with Gasteiger partial charge in [-0.15, -0.1) is 0 Å². The first-order valence-electron chi connectivity index (χ1n) is 7.01. The minimum absolute atomic E-state index is 0.0156. The Morgan fingerprint density at radius 3 is 2.81 bits per heavy atom. The van der Waals surface area contributed by atoms with Crippen molar-refractivity contribution in [1.82, 2.24) is 9.55 Å². The lowest BCUT2D eigenvalue weighted by Gasteiger charge is -2.16. The quantitative estimate of drug-likeness (QED) is 0.675. The molecule has 4 rings (SSSR count). The molecule has 21 heavy (non-hydrogen) atoms. The molecule has 0 N–H and O–H groups in total. The molecule has 0 saturated heterocycles. The lowest BCUT2D eigenvalue weighted by atomic mass is 10.1. The largest absolute Gasteiger partial charge is 0.437 e. The Labute approximate surface area is 129 Å². The summed E-state index contributed by atoms with van der Waals surface area (Å²) < 4.78 is 8.60. The number of aryl methyl sites for hydroxylation is 1. The maximum atomic E-state index is 12.5. The van der Waals surface area contributed by atoms with Crippen molar-refractivity contribution in [1.29, 1.82) is 0 Å². The molecule has 0 fully saturated rings. The van der Waals surface area contributed by atoms with Gasteiger partial charge in [-0.1, -0.05) is 28.1 Å². The average Bonchev–Trinajstić information content (AvgIpc) is 2.92. The first-order valence-corrected chi connectivity index (χ1v) is 7.81. The Balaban J connectivity index is 1.92. The Kier molecular flexibility index (Phi) is 2.96. The van der Waals surface area contributed by atoms with Gasteiger partial charge in [-0.2, -0.15) is 4.98 Å². The first-order chi connectivity index (χ1) is 10.2. The van der Waals surface area contributed by atoms with Gasteiger partial charge in [0.1, 0.15) is 17.0 Å². The van der Waals surface area contributed by atoms with Crippen LogP contribution in [0.3, 0.4) is 0 Å². The van der Waals surface area contributed by atoms with Crippen molar-refractivity contribution in [3.05, 3.63) is 51.0 Å². The van der Waals surface area contributed by atoms with Crippen LogP contribution in [0.1, 0.15) is 18.7 Å². The maximum Gasteiger partial charge on any atom is 0.264 e. The van der Waals surface area contributed by atoms with E-state index in [1.54, 1.807) is 10.6 Å². The van der Waals surface area contributed by atoms with Crippen LogP contribution in [0.15, 0.2) is 44.0 Å². The zero-order valence-electron chi connectivity index (χ0n) is 11.3. The van der Waals surface area contributed by atoms with Crippen LogP contribution in [-0.4, -0.2) is 9.55 Å². The fourth-order valence-corrected chi connectivity index (χ4v) is 3.05. The second kappa shape index (κ2) is 4.84. The van der Waals surface area contributed by atoms with E-state index in [4.69, 9.17) is 4.42 Å². The second-order valence-corrected chi connectivity index (χ2v) is 6.19. The number of aromatic nitrogens is 2. The van der Waals surface area contributed by atoms with Crippen molar-refractivity contribution in [2.45, 2.75) is 25.8 Å². The summed E-state index contributed by atoms with van der Waals surface area (Å²) in [4.78, 5) is 17.1. The molecule has 5 heteroatoms. The smallest absolute Gasteiger partial charge is 0.264 e. The van der Waals surface area contributed by atoms with Crippen molar-refractivity contribution in [2.75, 3.05) is 0 Å². The predicted molar refractivity (Wildman–Crippen MR) is 84.3 cm³/mol. The molecule has 106 valence electrons. The van der Waals surface area contributed by atoms with Gasteiger partial charge in [-0.3, -0.25) is 9.36 Å². The third-order valence-corrected chi connectivity index (χ3v) is 4.42. The Bertz CT molecular complexity index is 878. The molecule has 4 nitrogen and oxygen atoms in total. The molecule has 0 unspecified atom stereocenters. The van der Waals surface area contributed by atoms with Crippen LogP contribution in [0.2, 0.25) is 0 Å². The van der Waals surface area contributed by atoms with Crippen LogP contribution in [-0.2, 0) is 13.0 Å². The lowest BCUT2D eigenvalue weighted by molar-refractivity contribution is 0.494. The number of rotatable bonds is 1. The number of hydrogen-bond donors (Lipinski definition) is 0. The van der Waals surface area contributed by atoms with Gasteiger partial charge in [0, 0.05) is 23.0 Å². The van der Waals surface area contributed by atoms with Crippen molar-refractivity contribution in [3.63, 3.8) is 0 Å². The van der Waals surface area contributed by atoms with E-state index in [-0.39, 0.29) is 5.56 Å². The monoisotopic (exact) mass is 344 g/mol. The van der Waals surface area contributed by atoms with E-state index in [2.05, 4.69) is 20.9 Å². The number of furan rings is 1. The Morgan fingerprint density at radius 2 is 2.00 bits per heavy atom. The van der Waals surface area contributed by atoms with Crippen LogP contribution in [0.25, 0.3) is 22.4 Å². The molecule has 0 radical (unpaired) electrons. The third kappa shape index (κ3) is 2.12. The summed E-state index contributed by atoms with van der Waals surface area (Å²) in [6, 6.07) is 9.62. The second-order valence-electron chi connectivity index (χ2n) is 5.28. The Hall–Kier alpha value is -1.88. The average molecular weight is 345 g/mol. The number of nitrogens with zero attached hydrogens (tertiary/aromatic N) is 2. The molecular weight excluding hydrogens is 332 g/mol. The van der Waals surface area contributed by atoms with E-state index >= 15 is 0 Å². The molecule has 0 saturated carbocycles. The minimum atomic E-state index is 0.0156. The SMILES string of the molecule is O=c1c2cc(-c3ccc(Br)cc3)oc2nc2n1CCCC2. The van der Waals surface area contributed by atoms with E-state index in [1.165, 1.54) is 0 Å². The zero-order chi connectivity index (χ0) is 14.4. The molecule has 1 aliphatic rings. The number of fused-ring (bicyclic) bond motifs is 2. The van der Waals surface area contributed by atoms with Crippen molar-refractivity contribution >= 4 is 27.0 Å². The molecule has 0 atom stereocenters. The summed E-state index contributed by atoms with van der Waals surface area (Å²) in [5.74, 6) is 1.53. The van der Waals surface area contributed by atoms with Gasteiger partial charge in [0.2, 0.25) is 5.71 Å². The van der Waals surface area contributed by atoms with Crippen LogP contribution < -0.4 is 5.56 Å². The van der Waals surface area contributed by atoms with E-state index in [0.29, 0.717) is 16.9 Å². The summed E-state index contributed by atoms with van der Waals surface area (Å²) in [7, 11) is 0. The van der Waals surface area contributed by atoms with E-state index in [9.17, 15) is 4.79 Å². The van der Waals surface area contributed by atoms with Gasteiger partial charge in [-0.25, -0.2) is 0 Å². The van der Waals surface area contributed by atoms with E-state index in [0.717, 1.165) is 41.7 Å². The fourth-order valence-electron chi connectivity index (χ4n) is 2.79. The normalized spacial score (nSPS) is 14.3. The zero-order valence-corrected chi connectivity index (χ0v) is 12.9. The highest BCUT2D eigenvalue weighted by Gasteiger charge is 2.18. The molecule has 3 heterocycles. The maximum absolute atomic E-state index is 12.5.